The number of likely N-dealkylation sites (N-methyl/N-ethyl adjacent to an activating group) is 2. The molecule has 3 unspecified atom stereocenters. The molecule has 0 saturated carbocycles. The van der Waals surface area contributed by atoms with Crippen LogP contribution in [-0.2, 0) is 53.0 Å². The van der Waals surface area contributed by atoms with Crippen molar-refractivity contribution in [1.82, 2.24) is 52.3 Å². The van der Waals surface area contributed by atoms with Crippen LogP contribution in [0.5, 0.6) is 0 Å². The third-order valence-electron chi connectivity index (χ3n) is 17.5. The van der Waals surface area contributed by atoms with E-state index in [9.17, 15) is 53.3 Å². The number of hydrogen-bond donors (Lipinski definition) is 9. The first-order chi connectivity index (χ1) is 42.6. The molecule has 8 rings (SSSR count). The van der Waals surface area contributed by atoms with E-state index in [0.29, 0.717) is 18.4 Å². The van der Waals surface area contributed by atoms with Crippen LogP contribution in [0.25, 0.3) is 0 Å². The minimum absolute atomic E-state index is 0.0389. The number of fused-ring (bicyclic) bond motifs is 2. The number of hydrogen-bond acceptors (Lipinski definition) is 14. The summed E-state index contributed by atoms with van der Waals surface area (Å²) in [5.74, 6) is -4.34. The first-order valence-corrected chi connectivity index (χ1v) is 30.9. The number of aryl methyl sites for hydroxylation is 2. The molecular formula is C66H86N12O12. The van der Waals surface area contributed by atoms with Gasteiger partial charge in [0, 0.05) is 54.1 Å². The van der Waals surface area contributed by atoms with Crippen LogP contribution in [0.4, 0.5) is 16.2 Å². The summed E-state index contributed by atoms with van der Waals surface area (Å²) in [7, 11) is 3.24. The standard InChI is InChI=1S/C66H86N12O12/c1-37(67-9)56(79)74-54(65(3,4)5)62(85)76-34-45(32-52(76)60(83)72-50-23-15-19-40-17-11-13-21-48(40)50)69-58(81)42-29-43(31-44(30-42)71-64(87)90-36-39-25-27-47(28-26-39)78(88)89)59(82)70-46-33-53(61(84)73-51-24-16-20-41-18-12-14-22-49(41)51)77(35-46)63(86)55(66(6,7)8)75-57(80)38(2)68-10/h11-14,17-18,21-22,25-31,37-38,45-46,50-55,67-68H,15-16,19-20,23-24,32-36H2,1-10H3,(H,69,81)(H,70,82)(H,71,87)(H,72,83)(H,73,84)(H,74,79)(H,75,80)/t37-,38-,45-,46-,50+,51+,52?,53?,54+,55?/m0/s1. The number of rotatable bonds is 20. The zero-order chi connectivity index (χ0) is 65.4. The van der Waals surface area contributed by atoms with E-state index in [1.807, 2.05) is 48.5 Å². The van der Waals surface area contributed by atoms with Gasteiger partial charge in [-0.1, -0.05) is 90.1 Å². The van der Waals surface area contributed by atoms with Crippen LogP contribution in [0, 0.1) is 20.9 Å². The van der Waals surface area contributed by atoms with Gasteiger partial charge in [-0.15, -0.1) is 0 Å². The van der Waals surface area contributed by atoms with Gasteiger partial charge in [-0.25, -0.2) is 4.79 Å². The normalized spacial score (nSPS) is 21.0. The summed E-state index contributed by atoms with van der Waals surface area (Å²) >= 11 is 0. The lowest BCUT2D eigenvalue weighted by molar-refractivity contribution is -0.384. The molecule has 4 aliphatic rings. The van der Waals surface area contributed by atoms with Crippen molar-refractivity contribution in [3.8, 4) is 0 Å². The summed E-state index contributed by atoms with van der Waals surface area (Å²) in [6.07, 6.45) is 3.57. The molecule has 2 aliphatic heterocycles. The van der Waals surface area contributed by atoms with Crippen LogP contribution in [0.2, 0.25) is 0 Å². The SMILES string of the molecule is CN[C@@H](C)C(=O)NC(C(=O)N1C[C@@H](NC(=O)c2cc(NC(=O)OCc3ccc([N+](=O)[O-])cc3)cc(C(=O)N[C@H]3CC(C(=O)N[C@@H]4CCCc5ccccc54)N(C(=O)[C@@H](NC(=O)[C@H](C)NC)C(C)(C)C)C3)c2)CC1C(=O)N[C@@H]1CCCc2ccccc21)C(C)(C)C. The smallest absolute Gasteiger partial charge is 0.411 e. The third kappa shape index (κ3) is 16.3. The first kappa shape index (κ1) is 67.2. The summed E-state index contributed by atoms with van der Waals surface area (Å²) in [6, 6.07) is 16.9. The van der Waals surface area contributed by atoms with E-state index < -0.39 is 117 Å². The Balaban J connectivity index is 1.09. The number of nitrogens with zero attached hydrogens (tertiary/aromatic N) is 3. The predicted octanol–water partition coefficient (Wildman–Crippen LogP) is 5.41. The molecule has 2 fully saturated rings. The molecule has 2 aliphatic carbocycles. The molecule has 24 nitrogen and oxygen atoms in total. The zero-order valence-electron chi connectivity index (χ0n) is 53.0. The summed E-state index contributed by atoms with van der Waals surface area (Å²) in [6.45, 7) is 13.5. The molecular weight excluding hydrogens is 1150 g/mol. The molecule has 0 bridgehead atoms. The fraction of sp³-hybridized carbons (Fsp3) is 0.500. The summed E-state index contributed by atoms with van der Waals surface area (Å²) in [4.78, 5) is 143. The van der Waals surface area contributed by atoms with Gasteiger partial charge in [0.2, 0.25) is 35.4 Å². The van der Waals surface area contributed by atoms with Crippen LogP contribution in [0.15, 0.2) is 91.0 Å². The lowest BCUT2D eigenvalue weighted by atomic mass is 9.85. The molecule has 10 atom stereocenters. The van der Waals surface area contributed by atoms with E-state index in [1.165, 1.54) is 52.3 Å². The average Bonchev–Trinajstić information content (AvgIpc) is 1.65. The Kier molecular flexibility index (Phi) is 21.5. The maximum atomic E-state index is 15.0. The quantitative estimate of drug-likeness (QED) is 0.0395. The number of likely N-dealkylation sites (tertiary alicyclic amines) is 2. The van der Waals surface area contributed by atoms with Crippen molar-refractivity contribution in [3.63, 3.8) is 0 Å². The van der Waals surface area contributed by atoms with Crippen molar-refractivity contribution >= 4 is 64.7 Å². The minimum atomic E-state index is -1.10. The van der Waals surface area contributed by atoms with Gasteiger partial charge >= 0.3 is 6.09 Å². The van der Waals surface area contributed by atoms with Crippen LogP contribution >= 0.6 is 0 Å². The molecule has 24 heteroatoms. The topological polar surface area (TPSA) is 321 Å². The molecule has 0 aromatic heterocycles. The van der Waals surface area contributed by atoms with Crippen molar-refractivity contribution in [1.29, 1.82) is 0 Å². The Hall–Kier alpha value is -8.77. The van der Waals surface area contributed by atoms with Crippen molar-refractivity contribution in [2.24, 2.45) is 10.8 Å². The van der Waals surface area contributed by atoms with Crippen LogP contribution in [-0.4, -0.2) is 144 Å². The monoisotopic (exact) mass is 1240 g/mol. The molecule has 4 aromatic rings. The van der Waals surface area contributed by atoms with Crippen LogP contribution in [0.3, 0.4) is 0 Å². The van der Waals surface area contributed by atoms with Gasteiger partial charge in [0.25, 0.3) is 17.5 Å². The molecule has 0 spiro atoms. The third-order valence-corrected chi connectivity index (χ3v) is 17.5. The molecule has 2 saturated heterocycles. The maximum absolute atomic E-state index is 15.0. The maximum Gasteiger partial charge on any atom is 0.411 e. The fourth-order valence-electron chi connectivity index (χ4n) is 12.2. The molecule has 0 radical (unpaired) electrons. The summed E-state index contributed by atoms with van der Waals surface area (Å²) in [5.41, 5.74) is 2.42. The lowest BCUT2D eigenvalue weighted by Crippen LogP contribution is -2.59. The van der Waals surface area contributed by atoms with Gasteiger partial charge < -0.3 is 57.1 Å². The van der Waals surface area contributed by atoms with E-state index in [2.05, 4.69) is 47.9 Å². The van der Waals surface area contributed by atoms with Crippen LogP contribution in [0.1, 0.15) is 155 Å². The largest absolute Gasteiger partial charge is 0.444 e. The molecule has 9 N–H and O–H groups in total. The number of amides is 9. The highest BCUT2D eigenvalue weighted by Crippen LogP contribution is 2.34. The summed E-state index contributed by atoms with van der Waals surface area (Å²) < 4.78 is 5.47. The Bertz CT molecular complexity index is 3180. The number of nitro benzene ring substituents is 1. The predicted molar refractivity (Wildman–Crippen MR) is 336 cm³/mol. The molecule has 482 valence electrons. The highest BCUT2D eigenvalue weighted by Gasteiger charge is 2.48. The number of non-ortho nitro benzene ring substituents is 1. The second-order valence-electron chi connectivity index (χ2n) is 26.2. The highest BCUT2D eigenvalue weighted by molar-refractivity contribution is 6.03. The van der Waals surface area contributed by atoms with Crippen molar-refractivity contribution < 1.29 is 52.8 Å². The second kappa shape index (κ2) is 28.8. The number of ether oxygens (including phenoxy) is 1. The average molecular weight is 1240 g/mol. The van der Waals surface area contributed by atoms with Gasteiger partial charge in [0.05, 0.1) is 29.1 Å². The Labute approximate surface area is 525 Å². The van der Waals surface area contributed by atoms with Gasteiger partial charge in [-0.2, -0.15) is 0 Å². The fourth-order valence-corrected chi connectivity index (χ4v) is 12.2. The second-order valence-corrected chi connectivity index (χ2v) is 26.2. The lowest BCUT2D eigenvalue weighted by Gasteiger charge is -2.36. The molecule has 2 heterocycles. The zero-order valence-corrected chi connectivity index (χ0v) is 53.0. The van der Waals surface area contributed by atoms with E-state index >= 15 is 0 Å². The highest BCUT2D eigenvalue weighted by atomic mass is 16.6. The number of nitro groups is 1. The van der Waals surface area contributed by atoms with Gasteiger partial charge in [0.15, 0.2) is 0 Å². The van der Waals surface area contributed by atoms with E-state index in [4.69, 9.17) is 4.74 Å². The first-order valence-electron chi connectivity index (χ1n) is 30.9. The number of benzene rings is 4. The van der Waals surface area contributed by atoms with E-state index in [-0.39, 0.29) is 67.1 Å². The number of nitrogens with one attached hydrogen (secondary N) is 9. The van der Waals surface area contributed by atoms with E-state index in [1.54, 1.807) is 69.5 Å². The minimum Gasteiger partial charge on any atom is -0.444 e. The van der Waals surface area contributed by atoms with Gasteiger partial charge in [-0.3, -0.25) is 53.8 Å². The van der Waals surface area contributed by atoms with Crippen molar-refractivity contribution in [2.75, 3.05) is 32.5 Å². The van der Waals surface area contributed by atoms with Gasteiger partial charge in [-0.05, 0) is 148 Å². The summed E-state index contributed by atoms with van der Waals surface area (Å²) in [5, 5.41) is 37.8. The van der Waals surface area contributed by atoms with Gasteiger partial charge in [0.1, 0.15) is 30.8 Å². The molecule has 9 amide bonds. The molecule has 4 aromatic carbocycles. The van der Waals surface area contributed by atoms with Crippen molar-refractivity contribution in [2.45, 2.75) is 174 Å². The number of anilines is 1. The van der Waals surface area contributed by atoms with Crippen LogP contribution < -0.4 is 47.9 Å². The van der Waals surface area contributed by atoms with Crippen molar-refractivity contribution in [3.05, 3.63) is 140 Å². The number of carbonyl (C=O) groups excluding carboxylic acids is 9. The van der Waals surface area contributed by atoms with E-state index in [0.717, 1.165) is 47.9 Å². The molecule has 90 heavy (non-hydrogen) atoms. The Morgan fingerprint density at radius 2 is 1.02 bits per heavy atom. The Morgan fingerprint density at radius 1 is 0.600 bits per heavy atom. The Morgan fingerprint density at radius 3 is 1.42 bits per heavy atom. The number of carbonyl (C=O) groups is 9.